The molecule has 0 spiro atoms. The Hall–Kier alpha value is -1.23. The summed E-state index contributed by atoms with van der Waals surface area (Å²) < 4.78 is 7.32. The van der Waals surface area contributed by atoms with Crippen LogP contribution < -0.4 is 0 Å². The lowest BCUT2D eigenvalue weighted by Crippen LogP contribution is -1.99. The fourth-order valence-electron chi connectivity index (χ4n) is 1.53. The van der Waals surface area contributed by atoms with Crippen LogP contribution in [0.5, 0.6) is 0 Å². The third kappa shape index (κ3) is 2.39. The molecule has 1 atom stereocenters. The zero-order chi connectivity index (χ0) is 12.4. The van der Waals surface area contributed by atoms with Crippen molar-refractivity contribution in [1.82, 2.24) is 14.8 Å². The van der Waals surface area contributed by atoms with Gasteiger partial charge < -0.3 is 8.98 Å². The van der Waals surface area contributed by atoms with Crippen molar-refractivity contribution in [3.05, 3.63) is 18.1 Å². The SMILES string of the molecule is CCC(C)Sc1nnc(-c2ccoc2C)n1C. The van der Waals surface area contributed by atoms with Gasteiger partial charge in [0.1, 0.15) is 5.76 Å². The van der Waals surface area contributed by atoms with Gasteiger partial charge in [0.25, 0.3) is 0 Å². The van der Waals surface area contributed by atoms with E-state index in [1.54, 1.807) is 18.0 Å². The van der Waals surface area contributed by atoms with Crippen molar-refractivity contribution in [1.29, 1.82) is 0 Å². The summed E-state index contributed by atoms with van der Waals surface area (Å²) >= 11 is 1.75. The Morgan fingerprint density at radius 1 is 1.47 bits per heavy atom. The molecule has 0 fully saturated rings. The van der Waals surface area contributed by atoms with E-state index in [-0.39, 0.29) is 0 Å². The molecule has 0 radical (unpaired) electrons. The predicted octanol–water partition coefficient (Wildman–Crippen LogP) is 3.27. The zero-order valence-electron chi connectivity index (χ0n) is 10.6. The highest BCUT2D eigenvalue weighted by Gasteiger charge is 2.15. The van der Waals surface area contributed by atoms with Crippen LogP contribution in [0.2, 0.25) is 0 Å². The first-order chi connectivity index (χ1) is 8.13. The Labute approximate surface area is 105 Å². The normalized spacial score (nSPS) is 12.9. The van der Waals surface area contributed by atoms with Crippen molar-refractivity contribution in [2.45, 2.75) is 37.6 Å². The van der Waals surface area contributed by atoms with Crippen LogP contribution in [0.1, 0.15) is 26.0 Å². The minimum Gasteiger partial charge on any atom is -0.469 e. The highest BCUT2D eigenvalue weighted by molar-refractivity contribution is 7.99. The maximum atomic E-state index is 5.30. The molecule has 2 rings (SSSR count). The van der Waals surface area contributed by atoms with E-state index >= 15 is 0 Å². The van der Waals surface area contributed by atoms with Crippen LogP contribution in [0.3, 0.4) is 0 Å². The Balaban J connectivity index is 2.30. The summed E-state index contributed by atoms with van der Waals surface area (Å²) in [5, 5.41) is 9.98. The van der Waals surface area contributed by atoms with Crippen molar-refractivity contribution in [3.63, 3.8) is 0 Å². The first-order valence-corrected chi connectivity index (χ1v) is 6.62. The molecule has 0 saturated heterocycles. The largest absolute Gasteiger partial charge is 0.469 e. The molecule has 2 heterocycles. The van der Waals surface area contributed by atoms with E-state index in [9.17, 15) is 0 Å². The van der Waals surface area contributed by atoms with Gasteiger partial charge in [-0.2, -0.15) is 0 Å². The smallest absolute Gasteiger partial charge is 0.191 e. The standard InChI is InChI=1S/C12H17N3OS/c1-5-8(2)17-12-14-13-11(15(12)4)10-6-7-16-9(10)3/h6-8H,5H2,1-4H3. The van der Waals surface area contributed by atoms with Gasteiger partial charge in [0.05, 0.1) is 11.8 Å². The van der Waals surface area contributed by atoms with E-state index in [1.807, 2.05) is 24.6 Å². The van der Waals surface area contributed by atoms with Crippen LogP contribution in [-0.4, -0.2) is 20.0 Å². The van der Waals surface area contributed by atoms with Crippen LogP contribution in [0.25, 0.3) is 11.4 Å². The first-order valence-electron chi connectivity index (χ1n) is 5.74. The Morgan fingerprint density at radius 3 is 2.82 bits per heavy atom. The fourth-order valence-corrected chi connectivity index (χ4v) is 2.39. The molecule has 0 aliphatic heterocycles. The highest BCUT2D eigenvalue weighted by Crippen LogP contribution is 2.28. The number of hydrogen-bond donors (Lipinski definition) is 0. The third-order valence-corrected chi connectivity index (χ3v) is 4.12. The van der Waals surface area contributed by atoms with Crippen LogP contribution in [-0.2, 0) is 7.05 Å². The predicted molar refractivity (Wildman–Crippen MR) is 69.1 cm³/mol. The molecule has 5 heteroatoms. The molecule has 17 heavy (non-hydrogen) atoms. The summed E-state index contributed by atoms with van der Waals surface area (Å²) in [5.74, 6) is 1.74. The van der Waals surface area contributed by atoms with Crippen molar-refractivity contribution in [2.24, 2.45) is 7.05 Å². The molecule has 0 N–H and O–H groups in total. The molecule has 4 nitrogen and oxygen atoms in total. The Bertz CT molecular complexity index is 504. The third-order valence-electron chi connectivity index (χ3n) is 2.82. The highest BCUT2D eigenvalue weighted by atomic mass is 32.2. The molecule has 92 valence electrons. The van der Waals surface area contributed by atoms with E-state index in [0.717, 1.165) is 28.7 Å². The molecule has 0 aromatic carbocycles. The minimum absolute atomic E-state index is 0.552. The molecular weight excluding hydrogens is 234 g/mol. The number of rotatable bonds is 4. The van der Waals surface area contributed by atoms with Gasteiger partial charge in [0, 0.05) is 12.3 Å². The van der Waals surface area contributed by atoms with Gasteiger partial charge in [0.2, 0.25) is 0 Å². The van der Waals surface area contributed by atoms with Crippen LogP contribution in [0.4, 0.5) is 0 Å². The first kappa shape index (κ1) is 12.2. The molecule has 2 aromatic heterocycles. The molecule has 0 saturated carbocycles. The van der Waals surface area contributed by atoms with Gasteiger partial charge in [-0.1, -0.05) is 25.6 Å². The molecule has 0 aliphatic rings. The average Bonchev–Trinajstić information content (AvgIpc) is 2.87. The number of thioether (sulfide) groups is 1. The van der Waals surface area contributed by atoms with Crippen molar-refractivity contribution < 1.29 is 4.42 Å². The Morgan fingerprint density at radius 2 is 2.24 bits per heavy atom. The molecule has 0 amide bonds. The second-order valence-corrected chi connectivity index (χ2v) is 5.50. The van der Waals surface area contributed by atoms with Gasteiger partial charge in [0.15, 0.2) is 11.0 Å². The van der Waals surface area contributed by atoms with Gasteiger partial charge >= 0.3 is 0 Å². The number of aryl methyl sites for hydroxylation is 1. The monoisotopic (exact) mass is 251 g/mol. The van der Waals surface area contributed by atoms with Crippen LogP contribution >= 0.6 is 11.8 Å². The van der Waals surface area contributed by atoms with E-state index in [4.69, 9.17) is 4.42 Å². The number of aromatic nitrogens is 3. The summed E-state index contributed by atoms with van der Waals surface area (Å²) in [6.07, 6.45) is 2.80. The number of nitrogens with zero attached hydrogens (tertiary/aromatic N) is 3. The van der Waals surface area contributed by atoms with E-state index in [1.165, 1.54) is 0 Å². The Kier molecular flexibility index (Phi) is 3.57. The van der Waals surface area contributed by atoms with Crippen molar-refractivity contribution in [3.8, 4) is 11.4 Å². The number of hydrogen-bond acceptors (Lipinski definition) is 4. The van der Waals surface area contributed by atoms with Crippen LogP contribution in [0.15, 0.2) is 21.9 Å². The molecule has 0 aliphatic carbocycles. The topological polar surface area (TPSA) is 43.9 Å². The lowest BCUT2D eigenvalue weighted by Gasteiger charge is -2.07. The maximum Gasteiger partial charge on any atom is 0.191 e. The lowest BCUT2D eigenvalue weighted by atomic mass is 10.2. The maximum absolute atomic E-state index is 5.30. The van der Waals surface area contributed by atoms with Gasteiger partial charge in [-0.3, -0.25) is 0 Å². The van der Waals surface area contributed by atoms with E-state index in [0.29, 0.717) is 5.25 Å². The second-order valence-electron chi connectivity index (χ2n) is 4.09. The summed E-state index contributed by atoms with van der Waals surface area (Å²) in [5.41, 5.74) is 1.01. The lowest BCUT2D eigenvalue weighted by molar-refractivity contribution is 0.534. The zero-order valence-corrected chi connectivity index (χ0v) is 11.4. The van der Waals surface area contributed by atoms with Crippen molar-refractivity contribution >= 4 is 11.8 Å². The van der Waals surface area contributed by atoms with Crippen molar-refractivity contribution in [2.75, 3.05) is 0 Å². The summed E-state index contributed by atoms with van der Waals surface area (Å²) in [6, 6.07) is 1.93. The van der Waals surface area contributed by atoms with Crippen LogP contribution in [0, 0.1) is 6.92 Å². The second kappa shape index (κ2) is 4.96. The molecule has 2 aromatic rings. The van der Waals surface area contributed by atoms with E-state index in [2.05, 4.69) is 24.0 Å². The number of furan rings is 1. The quantitative estimate of drug-likeness (QED) is 0.782. The molecular formula is C12H17N3OS. The average molecular weight is 251 g/mol. The molecule has 1 unspecified atom stereocenters. The summed E-state index contributed by atoms with van der Waals surface area (Å²) in [7, 11) is 1.99. The summed E-state index contributed by atoms with van der Waals surface area (Å²) in [4.78, 5) is 0. The van der Waals surface area contributed by atoms with Gasteiger partial charge in [-0.05, 0) is 19.4 Å². The summed E-state index contributed by atoms with van der Waals surface area (Å²) in [6.45, 7) is 6.31. The van der Waals surface area contributed by atoms with E-state index < -0.39 is 0 Å². The minimum atomic E-state index is 0.552. The van der Waals surface area contributed by atoms with Gasteiger partial charge in [-0.15, -0.1) is 10.2 Å². The fraction of sp³-hybridized carbons (Fsp3) is 0.500. The van der Waals surface area contributed by atoms with Gasteiger partial charge in [-0.25, -0.2) is 0 Å². The molecule has 0 bridgehead atoms.